The van der Waals surface area contributed by atoms with Crippen LogP contribution < -0.4 is 5.32 Å². The van der Waals surface area contributed by atoms with Gasteiger partial charge in [-0.2, -0.15) is 5.10 Å². The SMILES string of the molecule is CN=C(NCC(C)Cn1cccn1)N1CCC(COCCOC)C1.I. The summed E-state index contributed by atoms with van der Waals surface area (Å²) in [5.74, 6) is 2.04. The molecule has 1 aliphatic heterocycles. The third-order valence-electron chi connectivity index (χ3n) is 4.25. The normalized spacial score (nSPS) is 18.9. The van der Waals surface area contributed by atoms with E-state index in [-0.39, 0.29) is 24.0 Å². The van der Waals surface area contributed by atoms with Crippen LogP contribution in [0.2, 0.25) is 0 Å². The number of halogens is 1. The van der Waals surface area contributed by atoms with Crippen LogP contribution in [0.15, 0.2) is 23.5 Å². The molecule has 2 atom stereocenters. The highest BCUT2D eigenvalue weighted by molar-refractivity contribution is 14.0. The Bertz CT molecular complexity index is 483. The van der Waals surface area contributed by atoms with Crippen LogP contribution in [0.25, 0.3) is 0 Å². The quantitative estimate of drug-likeness (QED) is 0.260. The highest BCUT2D eigenvalue weighted by atomic mass is 127. The summed E-state index contributed by atoms with van der Waals surface area (Å²) in [7, 11) is 3.55. The van der Waals surface area contributed by atoms with E-state index in [1.54, 1.807) is 7.11 Å². The molecule has 25 heavy (non-hydrogen) atoms. The molecule has 0 bridgehead atoms. The second kappa shape index (κ2) is 12.5. The first-order valence-corrected chi connectivity index (χ1v) is 8.72. The van der Waals surface area contributed by atoms with Crippen LogP contribution >= 0.6 is 24.0 Å². The lowest BCUT2D eigenvalue weighted by Crippen LogP contribution is -2.42. The molecule has 0 aliphatic carbocycles. The lowest BCUT2D eigenvalue weighted by molar-refractivity contribution is 0.0536. The summed E-state index contributed by atoms with van der Waals surface area (Å²) in [4.78, 5) is 6.76. The van der Waals surface area contributed by atoms with Crippen molar-refractivity contribution >= 4 is 29.9 Å². The summed E-state index contributed by atoms with van der Waals surface area (Å²) in [6, 6.07) is 1.96. The van der Waals surface area contributed by atoms with Crippen molar-refractivity contribution in [1.29, 1.82) is 0 Å². The smallest absolute Gasteiger partial charge is 0.193 e. The van der Waals surface area contributed by atoms with Crippen molar-refractivity contribution in [2.45, 2.75) is 19.9 Å². The van der Waals surface area contributed by atoms with Gasteiger partial charge in [0.15, 0.2) is 5.96 Å². The van der Waals surface area contributed by atoms with Crippen molar-refractivity contribution < 1.29 is 9.47 Å². The van der Waals surface area contributed by atoms with Gasteiger partial charge >= 0.3 is 0 Å². The Balaban J connectivity index is 0.00000312. The molecule has 0 aromatic carbocycles. The van der Waals surface area contributed by atoms with Crippen LogP contribution in [0, 0.1) is 11.8 Å². The van der Waals surface area contributed by atoms with E-state index in [4.69, 9.17) is 9.47 Å². The zero-order valence-electron chi connectivity index (χ0n) is 15.6. The van der Waals surface area contributed by atoms with Gasteiger partial charge in [0.2, 0.25) is 0 Å². The maximum absolute atomic E-state index is 5.65. The molecule has 1 saturated heterocycles. The molecule has 2 heterocycles. The second-order valence-electron chi connectivity index (χ2n) is 6.43. The van der Waals surface area contributed by atoms with E-state index in [1.807, 2.05) is 30.2 Å². The number of aliphatic imine (C=N–C) groups is 1. The summed E-state index contributed by atoms with van der Waals surface area (Å²) in [5, 5.41) is 7.75. The minimum Gasteiger partial charge on any atom is -0.382 e. The van der Waals surface area contributed by atoms with Gasteiger partial charge in [-0.15, -0.1) is 24.0 Å². The lowest BCUT2D eigenvalue weighted by Gasteiger charge is -2.23. The van der Waals surface area contributed by atoms with Gasteiger partial charge in [0.1, 0.15) is 0 Å². The Morgan fingerprint density at radius 1 is 1.44 bits per heavy atom. The topological polar surface area (TPSA) is 63.9 Å². The van der Waals surface area contributed by atoms with Crippen molar-refractivity contribution in [3.05, 3.63) is 18.5 Å². The van der Waals surface area contributed by atoms with Crippen molar-refractivity contribution in [3.8, 4) is 0 Å². The van der Waals surface area contributed by atoms with Crippen LogP contribution in [-0.2, 0) is 16.0 Å². The molecule has 1 aliphatic rings. The number of methoxy groups -OCH3 is 1. The molecule has 144 valence electrons. The van der Waals surface area contributed by atoms with Crippen LogP contribution in [0.3, 0.4) is 0 Å². The Hall–Kier alpha value is -0.870. The zero-order chi connectivity index (χ0) is 17.2. The molecule has 1 N–H and O–H groups in total. The van der Waals surface area contributed by atoms with E-state index in [0.29, 0.717) is 25.0 Å². The number of ether oxygens (including phenoxy) is 2. The minimum absolute atomic E-state index is 0. The molecule has 1 aromatic rings. The average molecular weight is 465 g/mol. The molecule has 0 spiro atoms. The molecule has 2 rings (SSSR count). The van der Waals surface area contributed by atoms with Crippen LogP contribution in [0.5, 0.6) is 0 Å². The summed E-state index contributed by atoms with van der Waals surface area (Å²) in [6.07, 6.45) is 4.97. The number of nitrogens with one attached hydrogen (secondary N) is 1. The fourth-order valence-corrected chi connectivity index (χ4v) is 2.94. The second-order valence-corrected chi connectivity index (χ2v) is 6.43. The van der Waals surface area contributed by atoms with E-state index in [9.17, 15) is 0 Å². The van der Waals surface area contributed by atoms with E-state index < -0.39 is 0 Å². The molecular formula is C17H32IN5O2. The molecule has 0 amide bonds. The predicted molar refractivity (Wildman–Crippen MR) is 111 cm³/mol. The Kier molecular flexibility index (Phi) is 11.1. The number of aromatic nitrogens is 2. The summed E-state index contributed by atoms with van der Waals surface area (Å²) in [5.41, 5.74) is 0. The van der Waals surface area contributed by atoms with Crippen molar-refractivity contribution in [3.63, 3.8) is 0 Å². The zero-order valence-corrected chi connectivity index (χ0v) is 17.9. The largest absolute Gasteiger partial charge is 0.382 e. The molecule has 8 heteroatoms. The first-order valence-electron chi connectivity index (χ1n) is 8.72. The minimum atomic E-state index is 0. The van der Waals surface area contributed by atoms with Gasteiger partial charge in [0.25, 0.3) is 0 Å². The Morgan fingerprint density at radius 3 is 2.96 bits per heavy atom. The highest BCUT2D eigenvalue weighted by Crippen LogP contribution is 2.16. The molecule has 0 radical (unpaired) electrons. The molecule has 1 fully saturated rings. The van der Waals surface area contributed by atoms with Gasteiger partial charge in [-0.05, 0) is 18.4 Å². The van der Waals surface area contributed by atoms with Gasteiger partial charge in [0.05, 0.1) is 19.8 Å². The van der Waals surface area contributed by atoms with Crippen molar-refractivity contribution in [2.24, 2.45) is 16.8 Å². The summed E-state index contributed by atoms with van der Waals surface area (Å²) < 4.78 is 12.6. The van der Waals surface area contributed by atoms with Gasteiger partial charge in [0, 0.05) is 58.6 Å². The van der Waals surface area contributed by atoms with E-state index in [2.05, 4.69) is 27.2 Å². The van der Waals surface area contributed by atoms with E-state index in [0.717, 1.165) is 45.2 Å². The fraction of sp³-hybridized carbons (Fsp3) is 0.765. The molecular weight excluding hydrogens is 433 g/mol. The summed E-state index contributed by atoms with van der Waals surface area (Å²) in [6.45, 7) is 8.18. The number of hydrogen-bond acceptors (Lipinski definition) is 4. The molecule has 7 nitrogen and oxygen atoms in total. The highest BCUT2D eigenvalue weighted by Gasteiger charge is 2.25. The Morgan fingerprint density at radius 2 is 2.28 bits per heavy atom. The lowest BCUT2D eigenvalue weighted by atomic mass is 10.1. The number of guanidine groups is 1. The van der Waals surface area contributed by atoms with Gasteiger partial charge in [-0.25, -0.2) is 0 Å². The molecule has 0 saturated carbocycles. The maximum atomic E-state index is 5.65. The molecule has 2 unspecified atom stereocenters. The number of hydrogen-bond donors (Lipinski definition) is 1. The fourth-order valence-electron chi connectivity index (χ4n) is 2.94. The van der Waals surface area contributed by atoms with E-state index in [1.165, 1.54) is 0 Å². The van der Waals surface area contributed by atoms with Crippen molar-refractivity contribution in [1.82, 2.24) is 20.0 Å². The summed E-state index contributed by atoms with van der Waals surface area (Å²) >= 11 is 0. The predicted octanol–water partition coefficient (Wildman–Crippen LogP) is 1.70. The Labute approximate surface area is 168 Å². The average Bonchev–Trinajstić information content (AvgIpc) is 3.24. The van der Waals surface area contributed by atoms with Crippen LogP contribution in [0.1, 0.15) is 13.3 Å². The van der Waals surface area contributed by atoms with Crippen molar-refractivity contribution in [2.75, 3.05) is 53.6 Å². The first kappa shape index (κ1) is 22.2. The van der Waals surface area contributed by atoms with Crippen LogP contribution in [-0.4, -0.2) is 74.3 Å². The monoisotopic (exact) mass is 465 g/mol. The third kappa shape index (κ3) is 7.91. The maximum Gasteiger partial charge on any atom is 0.193 e. The molecule has 1 aromatic heterocycles. The van der Waals surface area contributed by atoms with E-state index >= 15 is 0 Å². The number of nitrogens with zero attached hydrogens (tertiary/aromatic N) is 4. The number of likely N-dealkylation sites (tertiary alicyclic amines) is 1. The number of rotatable bonds is 9. The first-order chi connectivity index (χ1) is 11.7. The van der Waals surface area contributed by atoms with Gasteiger partial charge in [-0.1, -0.05) is 6.92 Å². The third-order valence-corrected chi connectivity index (χ3v) is 4.25. The van der Waals surface area contributed by atoms with Crippen LogP contribution in [0.4, 0.5) is 0 Å². The standard InChI is InChI=1S/C17H31N5O2.HI/c1-15(12-22-7-4-6-20-22)11-19-17(18-2)21-8-5-16(13-21)14-24-10-9-23-3;/h4,6-7,15-16H,5,8-14H2,1-3H3,(H,18,19);1H. The van der Waals surface area contributed by atoms with Gasteiger partial charge < -0.3 is 19.7 Å². The van der Waals surface area contributed by atoms with Gasteiger partial charge in [-0.3, -0.25) is 9.67 Å².